The Morgan fingerprint density at radius 1 is 1.37 bits per heavy atom. The first-order valence-corrected chi connectivity index (χ1v) is 7.18. The standard InChI is InChI=1S/C14H17BrN4/c1-9-6-11(15)13-12(7-9)19-8-10(4-5-16-2)18(3)14(19)17-13/h6-8,16H,4-5H2,1-3H3. The van der Waals surface area contributed by atoms with Gasteiger partial charge >= 0.3 is 0 Å². The molecule has 0 atom stereocenters. The van der Waals surface area contributed by atoms with Gasteiger partial charge in [0, 0.05) is 36.4 Å². The molecule has 0 aliphatic carbocycles. The van der Waals surface area contributed by atoms with Crippen molar-refractivity contribution in [3.05, 3.63) is 34.1 Å². The summed E-state index contributed by atoms with van der Waals surface area (Å²) < 4.78 is 5.40. The lowest BCUT2D eigenvalue weighted by Crippen LogP contribution is -2.12. The van der Waals surface area contributed by atoms with Crippen LogP contribution < -0.4 is 5.32 Å². The summed E-state index contributed by atoms with van der Waals surface area (Å²) >= 11 is 3.60. The number of aryl methyl sites for hydroxylation is 2. The molecule has 0 unspecified atom stereocenters. The van der Waals surface area contributed by atoms with Crippen molar-refractivity contribution in [2.45, 2.75) is 13.3 Å². The average molecular weight is 321 g/mol. The van der Waals surface area contributed by atoms with E-state index in [9.17, 15) is 0 Å². The Bertz CT molecular complexity index is 754. The molecule has 0 bridgehead atoms. The zero-order valence-electron chi connectivity index (χ0n) is 11.4. The lowest BCUT2D eigenvalue weighted by molar-refractivity contribution is 0.744. The van der Waals surface area contributed by atoms with Crippen molar-refractivity contribution >= 4 is 32.7 Å². The van der Waals surface area contributed by atoms with Crippen LogP contribution in [0.1, 0.15) is 11.3 Å². The average Bonchev–Trinajstić information content (AvgIpc) is 2.86. The predicted molar refractivity (Wildman–Crippen MR) is 81.7 cm³/mol. The van der Waals surface area contributed by atoms with E-state index >= 15 is 0 Å². The second kappa shape index (κ2) is 4.65. The van der Waals surface area contributed by atoms with Gasteiger partial charge in [0.25, 0.3) is 0 Å². The highest BCUT2D eigenvalue weighted by molar-refractivity contribution is 9.10. The molecule has 0 saturated carbocycles. The van der Waals surface area contributed by atoms with E-state index in [4.69, 9.17) is 4.98 Å². The largest absolute Gasteiger partial charge is 0.319 e. The highest BCUT2D eigenvalue weighted by Crippen LogP contribution is 2.27. The molecule has 0 spiro atoms. The van der Waals surface area contributed by atoms with Gasteiger partial charge < -0.3 is 9.88 Å². The van der Waals surface area contributed by atoms with Crippen molar-refractivity contribution in [3.8, 4) is 0 Å². The highest BCUT2D eigenvalue weighted by atomic mass is 79.9. The Labute approximate surface area is 120 Å². The fraction of sp³-hybridized carbons (Fsp3) is 0.357. The summed E-state index contributed by atoms with van der Waals surface area (Å²) in [5.41, 5.74) is 4.71. The summed E-state index contributed by atoms with van der Waals surface area (Å²) in [4.78, 5) is 4.74. The number of aromatic nitrogens is 3. The van der Waals surface area contributed by atoms with Crippen LogP contribution in [0.25, 0.3) is 16.8 Å². The van der Waals surface area contributed by atoms with E-state index in [1.54, 1.807) is 0 Å². The Hall–Kier alpha value is -1.33. The molecule has 4 nitrogen and oxygen atoms in total. The topological polar surface area (TPSA) is 34.3 Å². The Kier molecular flexibility index (Phi) is 3.11. The molecule has 0 amide bonds. The van der Waals surface area contributed by atoms with Crippen molar-refractivity contribution in [2.75, 3.05) is 13.6 Å². The van der Waals surface area contributed by atoms with E-state index in [-0.39, 0.29) is 0 Å². The lowest BCUT2D eigenvalue weighted by atomic mass is 10.2. The van der Waals surface area contributed by atoms with Crippen LogP contribution in [0.3, 0.4) is 0 Å². The first-order chi connectivity index (χ1) is 9.11. The Morgan fingerprint density at radius 3 is 2.89 bits per heavy atom. The summed E-state index contributed by atoms with van der Waals surface area (Å²) in [6.07, 6.45) is 3.19. The van der Waals surface area contributed by atoms with E-state index in [2.05, 4.69) is 62.5 Å². The van der Waals surface area contributed by atoms with Gasteiger partial charge in [-0.25, -0.2) is 4.98 Å². The van der Waals surface area contributed by atoms with Gasteiger partial charge in [0.15, 0.2) is 0 Å². The van der Waals surface area contributed by atoms with E-state index in [1.807, 2.05) is 7.05 Å². The van der Waals surface area contributed by atoms with Crippen molar-refractivity contribution < 1.29 is 0 Å². The summed E-state index contributed by atoms with van der Waals surface area (Å²) in [7, 11) is 4.05. The molecule has 5 heteroatoms. The second-order valence-electron chi connectivity index (χ2n) is 4.93. The smallest absolute Gasteiger partial charge is 0.214 e. The molecule has 100 valence electrons. The maximum absolute atomic E-state index is 4.74. The first-order valence-electron chi connectivity index (χ1n) is 6.39. The minimum atomic E-state index is 0.974. The van der Waals surface area contributed by atoms with Crippen LogP contribution in [-0.4, -0.2) is 27.5 Å². The maximum atomic E-state index is 4.74. The minimum Gasteiger partial charge on any atom is -0.319 e. The van der Waals surface area contributed by atoms with Crippen LogP contribution >= 0.6 is 15.9 Å². The predicted octanol–water partition coefficient (Wildman–Crippen LogP) is 2.66. The molecular weight excluding hydrogens is 304 g/mol. The van der Waals surface area contributed by atoms with Gasteiger partial charge in [-0.05, 0) is 47.6 Å². The molecular formula is C14H17BrN4. The van der Waals surface area contributed by atoms with Gasteiger partial charge in [0.1, 0.15) is 5.52 Å². The number of likely N-dealkylation sites (N-methyl/N-ethyl adjacent to an activating group) is 1. The molecule has 19 heavy (non-hydrogen) atoms. The SMILES string of the molecule is CNCCc1cn2c3cc(C)cc(Br)c3nc2n1C. The van der Waals surface area contributed by atoms with Crippen LogP contribution in [0, 0.1) is 6.92 Å². The number of hydrogen-bond acceptors (Lipinski definition) is 2. The maximum Gasteiger partial charge on any atom is 0.214 e. The van der Waals surface area contributed by atoms with Crippen LogP contribution in [0.15, 0.2) is 22.8 Å². The van der Waals surface area contributed by atoms with Gasteiger partial charge in [-0.15, -0.1) is 0 Å². The van der Waals surface area contributed by atoms with Crippen LogP contribution in [0.4, 0.5) is 0 Å². The minimum absolute atomic E-state index is 0.974. The Balaban J connectivity index is 2.25. The molecule has 2 aromatic heterocycles. The molecule has 0 aliphatic heterocycles. The third-order valence-corrected chi connectivity index (χ3v) is 4.12. The number of imidazole rings is 2. The number of nitrogens with one attached hydrogen (secondary N) is 1. The molecule has 2 heterocycles. The summed E-state index contributed by atoms with van der Waals surface area (Å²) in [5, 5.41) is 3.18. The van der Waals surface area contributed by atoms with Gasteiger partial charge in [0.05, 0.1) is 5.52 Å². The first kappa shape index (κ1) is 12.7. The number of halogens is 1. The highest BCUT2D eigenvalue weighted by Gasteiger charge is 2.13. The van der Waals surface area contributed by atoms with E-state index in [0.29, 0.717) is 0 Å². The molecule has 3 rings (SSSR count). The number of benzene rings is 1. The van der Waals surface area contributed by atoms with E-state index < -0.39 is 0 Å². The molecule has 1 N–H and O–H groups in total. The molecule has 3 aromatic rings. The van der Waals surface area contributed by atoms with E-state index in [0.717, 1.165) is 34.2 Å². The third kappa shape index (κ3) is 1.97. The molecule has 1 aromatic carbocycles. The van der Waals surface area contributed by atoms with Crippen molar-refractivity contribution in [2.24, 2.45) is 7.05 Å². The quantitative estimate of drug-likeness (QED) is 0.805. The van der Waals surface area contributed by atoms with Crippen LogP contribution in [0.2, 0.25) is 0 Å². The number of rotatable bonds is 3. The van der Waals surface area contributed by atoms with Gasteiger partial charge in [-0.1, -0.05) is 0 Å². The fourth-order valence-corrected chi connectivity index (χ4v) is 3.14. The zero-order chi connectivity index (χ0) is 13.6. The summed E-state index contributed by atoms with van der Waals surface area (Å²) in [6, 6.07) is 4.29. The Morgan fingerprint density at radius 2 is 2.16 bits per heavy atom. The zero-order valence-corrected chi connectivity index (χ0v) is 13.0. The lowest BCUT2D eigenvalue weighted by Gasteiger charge is -2.01. The normalized spacial score (nSPS) is 11.8. The molecule has 0 aliphatic rings. The monoisotopic (exact) mass is 320 g/mol. The van der Waals surface area contributed by atoms with E-state index in [1.165, 1.54) is 11.3 Å². The number of nitrogens with zero attached hydrogens (tertiary/aromatic N) is 3. The van der Waals surface area contributed by atoms with Crippen molar-refractivity contribution in [1.29, 1.82) is 0 Å². The molecule has 0 saturated heterocycles. The summed E-state index contributed by atoms with van der Waals surface area (Å²) in [6.45, 7) is 3.08. The van der Waals surface area contributed by atoms with Gasteiger partial charge in [-0.3, -0.25) is 4.40 Å². The van der Waals surface area contributed by atoms with Crippen LogP contribution in [-0.2, 0) is 13.5 Å². The van der Waals surface area contributed by atoms with Gasteiger partial charge in [-0.2, -0.15) is 0 Å². The second-order valence-corrected chi connectivity index (χ2v) is 5.78. The molecule has 0 fully saturated rings. The van der Waals surface area contributed by atoms with Crippen molar-refractivity contribution in [1.82, 2.24) is 19.3 Å². The summed E-state index contributed by atoms with van der Waals surface area (Å²) in [5.74, 6) is 0.993. The molecule has 0 radical (unpaired) electrons. The fourth-order valence-electron chi connectivity index (χ4n) is 2.49. The van der Waals surface area contributed by atoms with Crippen molar-refractivity contribution in [3.63, 3.8) is 0 Å². The third-order valence-electron chi connectivity index (χ3n) is 3.51. The number of hydrogen-bond donors (Lipinski definition) is 1. The van der Waals surface area contributed by atoms with Crippen LogP contribution in [0.5, 0.6) is 0 Å². The number of fused-ring (bicyclic) bond motifs is 3. The van der Waals surface area contributed by atoms with Gasteiger partial charge in [0.2, 0.25) is 5.78 Å².